The average Bonchev–Trinajstić information content (AvgIpc) is 2.54. The van der Waals surface area contributed by atoms with Crippen LogP contribution in [-0.2, 0) is 19.1 Å². The highest BCUT2D eigenvalue weighted by Crippen LogP contribution is 2.25. The summed E-state index contributed by atoms with van der Waals surface area (Å²) in [5.41, 5.74) is 0.402. The van der Waals surface area contributed by atoms with Gasteiger partial charge in [-0.1, -0.05) is 23.2 Å². The summed E-state index contributed by atoms with van der Waals surface area (Å²) in [5.74, 6) is -1.08. The lowest BCUT2D eigenvalue weighted by molar-refractivity contribution is -0.909. The van der Waals surface area contributed by atoms with Crippen LogP contribution in [-0.4, -0.2) is 50.6 Å². The number of carbonyl (C=O) groups excluding carboxylic acids is 3. The number of ether oxygens (including phenoxy) is 1. The number of nitrogens with one attached hydrogen (secondary N) is 3. The molecule has 1 saturated heterocycles. The molecule has 0 bridgehead atoms. The van der Waals surface area contributed by atoms with Gasteiger partial charge in [0.2, 0.25) is 0 Å². The highest BCUT2D eigenvalue weighted by Gasteiger charge is 2.36. The molecule has 130 valence electrons. The van der Waals surface area contributed by atoms with Crippen molar-refractivity contribution in [3.05, 3.63) is 28.2 Å². The molecule has 1 unspecified atom stereocenters. The van der Waals surface area contributed by atoms with E-state index in [1.54, 1.807) is 18.2 Å². The van der Waals surface area contributed by atoms with E-state index in [2.05, 4.69) is 15.4 Å². The molecule has 9 heteroatoms. The second-order valence-electron chi connectivity index (χ2n) is 5.38. The minimum atomic E-state index is -0.660. The third-order valence-electron chi connectivity index (χ3n) is 3.74. The van der Waals surface area contributed by atoms with Crippen molar-refractivity contribution >= 4 is 46.7 Å². The van der Waals surface area contributed by atoms with Crippen molar-refractivity contribution < 1.29 is 24.0 Å². The van der Waals surface area contributed by atoms with Crippen molar-refractivity contribution in [2.45, 2.75) is 12.5 Å². The molecule has 1 aliphatic heterocycles. The Morgan fingerprint density at radius 2 is 2.17 bits per heavy atom. The van der Waals surface area contributed by atoms with E-state index in [0.717, 1.165) is 0 Å². The summed E-state index contributed by atoms with van der Waals surface area (Å²) < 4.78 is 4.61. The molecule has 0 radical (unpaired) electrons. The van der Waals surface area contributed by atoms with E-state index in [9.17, 15) is 14.4 Å². The molecule has 24 heavy (non-hydrogen) atoms. The maximum Gasteiger partial charge on any atom is 0.312 e. The Kier molecular flexibility index (Phi) is 6.42. The third-order valence-corrected chi connectivity index (χ3v) is 4.31. The number of benzene rings is 1. The van der Waals surface area contributed by atoms with Crippen LogP contribution in [0, 0.1) is 0 Å². The number of halogens is 2. The summed E-state index contributed by atoms with van der Waals surface area (Å²) in [6, 6.07) is 4.09. The van der Waals surface area contributed by atoms with Crippen LogP contribution in [0.25, 0.3) is 0 Å². The molecule has 1 aromatic carbocycles. The SMILES string of the molecule is COC(=O)C[C@@H]1C(=O)NCC[NH+]1CC(=O)Nc1cc(Cl)ccc1Cl. The minimum absolute atomic E-state index is 0.0257. The second kappa shape index (κ2) is 8.32. The Morgan fingerprint density at radius 1 is 1.42 bits per heavy atom. The standard InChI is InChI=1S/C15H17Cl2N3O4/c1-24-14(22)7-12-15(23)18-4-5-20(12)8-13(21)19-11-6-9(16)2-3-10(11)17/h2-3,6,12H,4-5,7-8H2,1H3,(H,18,23)(H,19,21)/p+1/t12-/m1/s1. The molecule has 1 aliphatic rings. The fourth-order valence-corrected chi connectivity index (χ4v) is 2.86. The Morgan fingerprint density at radius 3 is 2.88 bits per heavy atom. The van der Waals surface area contributed by atoms with Crippen LogP contribution in [0.15, 0.2) is 18.2 Å². The van der Waals surface area contributed by atoms with Gasteiger partial charge < -0.3 is 20.3 Å². The fraction of sp³-hybridized carbons (Fsp3) is 0.400. The van der Waals surface area contributed by atoms with Gasteiger partial charge in [-0.3, -0.25) is 14.4 Å². The van der Waals surface area contributed by atoms with Crippen LogP contribution in [0.5, 0.6) is 0 Å². The number of rotatable bonds is 5. The first-order chi connectivity index (χ1) is 11.4. The number of hydrogen-bond acceptors (Lipinski definition) is 4. The number of hydrogen-bond donors (Lipinski definition) is 3. The smallest absolute Gasteiger partial charge is 0.312 e. The number of quaternary nitrogens is 1. The monoisotopic (exact) mass is 374 g/mol. The molecule has 1 aromatic rings. The van der Waals surface area contributed by atoms with Crippen molar-refractivity contribution in [3.8, 4) is 0 Å². The van der Waals surface area contributed by atoms with Crippen molar-refractivity contribution in [1.82, 2.24) is 5.32 Å². The quantitative estimate of drug-likeness (QED) is 0.626. The highest BCUT2D eigenvalue weighted by atomic mass is 35.5. The Labute approximate surface area is 149 Å². The van der Waals surface area contributed by atoms with E-state index in [4.69, 9.17) is 23.2 Å². The Bertz CT molecular complexity index is 654. The topological polar surface area (TPSA) is 88.9 Å². The third kappa shape index (κ3) is 4.83. The van der Waals surface area contributed by atoms with Crippen LogP contribution in [0.1, 0.15) is 6.42 Å². The number of piperazine rings is 1. The van der Waals surface area contributed by atoms with Gasteiger partial charge in [-0.2, -0.15) is 0 Å². The molecular formula is C15H18Cl2N3O4+. The number of amides is 2. The largest absolute Gasteiger partial charge is 0.469 e. The van der Waals surface area contributed by atoms with E-state index in [0.29, 0.717) is 33.7 Å². The lowest BCUT2D eigenvalue weighted by Crippen LogP contribution is -3.20. The normalized spacial score (nSPS) is 20.2. The van der Waals surface area contributed by atoms with E-state index >= 15 is 0 Å². The van der Waals surface area contributed by atoms with Gasteiger partial charge in [0.25, 0.3) is 11.8 Å². The number of carbonyl (C=O) groups is 3. The van der Waals surface area contributed by atoms with E-state index in [1.165, 1.54) is 7.11 Å². The van der Waals surface area contributed by atoms with Gasteiger partial charge >= 0.3 is 5.97 Å². The minimum Gasteiger partial charge on any atom is -0.469 e. The fourth-order valence-electron chi connectivity index (χ4n) is 2.52. The van der Waals surface area contributed by atoms with Gasteiger partial charge in [-0.05, 0) is 18.2 Å². The molecule has 2 amide bonds. The van der Waals surface area contributed by atoms with Crippen LogP contribution >= 0.6 is 23.2 Å². The van der Waals surface area contributed by atoms with E-state index < -0.39 is 12.0 Å². The molecule has 3 N–H and O–H groups in total. The summed E-state index contributed by atoms with van der Waals surface area (Å²) in [7, 11) is 1.26. The van der Waals surface area contributed by atoms with Crippen molar-refractivity contribution in [2.24, 2.45) is 0 Å². The molecule has 2 atom stereocenters. The Balaban J connectivity index is 2.03. The van der Waals surface area contributed by atoms with Gasteiger partial charge in [0.15, 0.2) is 12.6 Å². The predicted molar refractivity (Wildman–Crippen MR) is 89.2 cm³/mol. The maximum absolute atomic E-state index is 12.3. The van der Waals surface area contributed by atoms with Gasteiger partial charge in [-0.15, -0.1) is 0 Å². The lowest BCUT2D eigenvalue weighted by Gasteiger charge is -2.30. The molecule has 2 rings (SSSR count). The maximum atomic E-state index is 12.3. The van der Waals surface area contributed by atoms with Crippen molar-refractivity contribution in [3.63, 3.8) is 0 Å². The van der Waals surface area contributed by atoms with Crippen LogP contribution in [0.2, 0.25) is 10.0 Å². The van der Waals surface area contributed by atoms with Gasteiger partial charge in [-0.25, -0.2) is 0 Å². The molecule has 1 heterocycles. The molecule has 1 fully saturated rings. The van der Waals surface area contributed by atoms with Crippen LogP contribution in [0.4, 0.5) is 5.69 Å². The molecule has 0 saturated carbocycles. The molecule has 7 nitrogen and oxygen atoms in total. The first-order valence-electron chi connectivity index (χ1n) is 7.34. The highest BCUT2D eigenvalue weighted by molar-refractivity contribution is 6.35. The second-order valence-corrected chi connectivity index (χ2v) is 6.22. The van der Waals surface area contributed by atoms with Gasteiger partial charge in [0, 0.05) is 5.02 Å². The van der Waals surface area contributed by atoms with Crippen LogP contribution in [0.3, 0.4) is 0 Å². The lowest BCUT2D eigenvalue weighted by atomic mass is 10.1. The first kappa shape index (κ1) is 18.5. The van der Waals surface area contributed by atoms with E-state index in [1.807, 2.05) is 0 Å². The summed E-state index contributed by atoms with van der Waals surface area (Å²) in [6.45, 7) is 0.999. The molecule has 0 aromatic heterocycles. The molecule has 0 aliphatic carbocycles. The summed E-state index contributed by atoms with van der Waals surface area (Å²) in [5, 5.41) is 6.18. The average molecular weight is 375 g/mol. The zero-order valence-corrected chi connectivity index (χ0v) is 14.5. The number of methoxy groups -OCH3 is 1. The number of anilines is 1. The predicted octanol–water partition coefficient (Wildman–Crippen LogP) is -0.122. The zero-order valence-electron chi connectivity index (χ0n) is 13.0. The summed E-state index contributed by atoms with van der Waals surface area (Å²) in [4.78, 5) is 36.4. The number of esters is 1. The van der Waals surface area contributed by atoms with Crippen LogP contribution < -0.4 is 15.5 Å². The molecular weight excluding hydrogens is 357 g/mol. The molecule has 0 spiro atoms. The first-order valence-corrected chi connectivity index (χ1v) is 8.10. The van der Waals surface area contributed by atoms with Crippen molar-refractivity contribution in [2.75, 3.05) is 32.1 Å². The Hall–Kier alpha value is -1.83. The van der Waals surface area contributed by atoms with Gasteiger partial charge in [0.1, 0.15) is 6.42 Å². The zero-order chi connectivity index (χ0) is 17.7. The van der Waals surface area contributed by atoms with Gasteiger partial charge in [0.05, 0.1) is 30.9 Å². The van der Waals surface area contributed by atoms with E-state index in [-0.39, 0.29) is 24.8 Å². The summed E-state index contributed by atoms with van der Waals surface area (Å²) >= 11 is 11.9. The van der Waals surface area contributed by atoms with Crippen molar-refractivity contribution in [1.29, 1.82) is 0 Å². The summed E-state index contributed by atoms with van der Waals surface area (Å²) in [6.07, 6.45) is -0.0805.